The van der Waals surface area contributed by atoms with Gasteiger partial charge in [-0.3, -0.25) is 9.36 Å². The molecule has 0 radical (unpaired) electrons. The number of hydrogen-bond donors (Lipinski definition) is 1. The largest absolute Gasteiger partial charge is 0.451 e. The Morgan fingerprint density at radius 2 is 1.64 bits per heavy atom. The smallest absolute Gasteiger partial charge is 0.324 e. The third-order valence-electron chi connectivity index (χ3n) is 3.08. The molecule has 0 saturated heterocycles. The molecule has 12 heteroatoms. The molecular weight excluding hydrogens is 358 g/mol. The predicted octanol–water partition coefficient (Wildman–Crippen LogP) is 2.26. The van der Waals surface area contributed by atoms with Gasteiger partial charge in [0, 0.05) is 12.7 Å². The van der Waals surface area contributed by atoms with Gasteiger partial charge in [0.25, 0.3) is 0 Å². The van der Waals surface area contributed by atoms with Crippen LogP contribution in [0.5, 0.6) is 0 Å². The third kappa shape index (κ3) is 4.19. The number of nitrogens with zero attached hydrogens (tertiary/aromatic N) is 3. The molecule has 136 valence electrons. The van der Waals surface area contributed by atoms with Crippen LogP contribution >= 0.6 is 0 Å². The lowest BCUT2D eigenvalue weighted by Crippen LogP contribution is -2.29. The second-order valence-corrected chi connectivity index (χ2v) is 4.94. The number of alkyl halides is 6. The van der Waals surface area contributed by atoms with Crippen LogP contribution in [0.25, 0.3) is 0 Å². The van der Waals surface area contributed by atoms with E-state index in [4.69, 9.17) is 0 Å². The van der Waals surface area contributed by atoms with Crippen molar-refractivity contribution in [2.75, 3.05) is 5.32 Å². The highest BCUT2D eigenvalue weighted by molar-refractivity contribution is 5.90. The summed E-state index contributed by atoms with van der Waals surface area (Å²) in [6.07, 6.45) is -9.42. The number of halogens is 6. The standard InChI is InChI=1S/C13H10F6N4O2/c1-22-10(13(17,18)19)21-23(11(22)25)6-9(24)20-8-4-2-7(3-5-8)12(14,15)16/h2-5H,6H2,1H3,(H,20,24). The highest BCUT2D eigenvalue weighted by atomic mass is 19.4. The quantitative estimate of drug-likeness (QED) is 0.845. The van der Waals surface area contributed by atoms with Crippen LogP contribution in [0.2, 0.25) is 0 Å². The van der Waals surface area contributed by atoms with Gasteiger partial charge < -0.3 is 5.32 Å². The van der Waals surface area contributed by atoms with Crippen molar-refractivity contribution in [3.8, 4) is 0 Å². The molecule has 1 amide bonds. The van der Waals surface area contributed by atoms with E-state index in [9.17, 15) is 35.9 Å². The molecule has 0 saturated carbocycles. The minimum atomic E-state index is -4.87. The van der Waals surface area contributed by atoms with Crippen molar-refractivity contribution in [1.82, 2.24) is 14.3 Å². The molecule has 2 aromatic rings. The van der Waals surface area contributed by atoms with Crippen molar-refractivity contribution in [3.05, 3.63) is 46.1 Å². The maximum atomic E-state index is 12.6. The molecule has 0 atom stereocenters. The van der Waals surface area contributed by atoms with Crippen molar-refractivity contribution in [2.24, 2.45) is 7.05 Å². The lowest BCUT2D eigenvalue weighted by molar-refractivity contribution is -0.147. The fourth-order valence-corrected chi connectivity index (χ4v) is 1.92. The lowest BCUT2D eigenvalue weighted by atomic mass is 10.2. The first kappa shape index (κ1) is 18.5. The zero-order valence-corrected chi connectivity index (χ0v) is 12.4. The van der Waals surface area contributed by atoms with Crippen LogP contribution in [0.3, 0.4) is 0 Å². The van der Waals surface area contributed by atoms with Crippen LogP contribution in [0.1, 0.15) is 11.4 Å². The van der Waals surface area contributed by atoms with Crippen LogP contribution in [0.4, 0.5) is 32.0 Å². The van der Waals surface area contributed by atoms with Gasteiger partial charge in [0.2, 0.25) is 11.7 Å². The van der Waals surface area contributed by atoms with Crippen molar-refractivity contribution >= 4 is 11.6 Å². The fourth-order valence-electron chi connectivity index (χ4n) is 1.92. The molecule has 0 fully saturated rings. The van der Waals surface area contributed by atoms with E-state index in [2.05, 4.69) is 10.4 Å². The fraction of sp³-hybridized carbons (Fsp3) is 0.308. The SMILES string of the molecule is Cn1c(C(F)(F)F)nn(CC(=O)Nc2ccc(C(F)(F)F)cc2)c1=O. The van der Waals surface area contributed by atoms with Gasteiger partial charge in [0.1, 0.15) is 6.54 Å². The van der Waals surface area contributed by atoms with E-state index in [0.717, 1.165) is 31.3 Å². The first-order valence-corrected chi connectivity index (χ1v) is 6.57. The van der Waals surface area contributed by atoms with E-state index in [0.29, 0.717) is 4.68 Å². The van der Waals surface area contributed by atoms with Gasteiger partial charge in [0.05, 0.1) is 5.56 Å². The molecule has 1 aromatic carbocycles. The monoisotopic (exact) mass is 368 g/mol. The predicted molar refractivity (Wildman–Crippen MR) is 72.5 cm³/mol. The van der Waals surface area contributed by atoms with Crippen LogP contribution in [0, 0.1) is 0 Å². The van der Waals surface area contributed by atoms with Gasteiger partial charge in [-0.25, -0.2) is 9.48 Å². The molecule has 1 N–H and O–H groups in total. The van der Waals surface area contributed by atoms with Gasteiger partial charge in [-0.2, -0.15) is 26.3 Å². The molecular formula is C13H10F6N4O2. The maximum Gasteiger partial charge on any atom is 0.451 e. The van der Waals surface area contributed by atoms with Crippen LogP contribution in [-0.4, -0.2) is 20.3 Å². The highest BCUT2D eigenvalue weighted by Crippen LogP contribution is 2.29. The summed E-state index contributed by atoms with van der Waals surface area (Å²) < 4.78 is 75.7. The second kappa shape index (κ2) is 6.26. The van der Waals surface area contributed by atoms with E-state index in [1.807, 2.05) is 0 Å². The number of benzene rings is 1. The summed E-state index contributed by atoms with van der Waals surface area (Å²) in [6.45, 7) is -0.830. The molecule has 0 aliphatic carbocycles. The number of rotatable bonds is 3. The normalized spacial score (nSPS) is 12.3. The first-order chi connectivity index (χ1) is 11.4. The Morgan fingerprint density at radius 1 is 1.08 bits per heavy atom. The molecule has 25 heavy (non-hydrogen) atoms. The maximum absolute atomic E-state index is 12.6. The summed E-state index contributed by atoms with van der Waals surface area (Å²) >= 11 is 0. The highest BCUT2D eigenvalue weighted by Gasteiger charge is 2.38. The Bertz CT molecular complexity index is 832. The van der Waals surface area contributed by atoms with E-state index in [-0.39, 0.29) is 10.3 Å². The van der Waals surface area contributed by atoms with E-state index in [1.54, 1.807) is 0 Å². The van der Waals surface area contributed by atoms with Crippen molar-refractivity contribution in [1.29, 1.82) is 0 Å². The van der Waals surface area contributed by atoms with E-state index in [1.165, 1.54) is 0 Å². The van der Waals surface area contributed by atoms with Crippen LogP contribution in [-0.2, 0) is 30.7 Å². The minimum absolute atomic E-state index is 0.0157. The van der Waals surface area contributed by atoms with Gasteiger partial charge in [-0.1, -0.05) is 0 Å². The molecule has 6 nitrogen and oxygen atoms in total. The van der Waals surface area contributed by atoms with Gasteiger partial charge in [0.15, 0.2) is 0 Å². The Balaban J connectivity index is 2.12. The van der Waals surface area contributed by atoms with Gasteiger partial charge >= 0.3 is 18.0 Å². The molecule has 0 bridgehead atoms. The number of anilines is 1. The Labute approximate surface area is 135 Å². The Hall–Kier alpha value is -2.79. The van der Waals surface area contributed by atoms with Crippen LogP contribution < -0.4 is 11.0 Å². The second-order valence-electron chi connectivity index (χ2n) is 4.94. The zero-order chi connectivity index (χ0) is 19.0. The first-order valence-electron chi connectivity index (χ1n) is 6.57. The van der Waals surface area contributed by atoms with E-state index < -0.39 is 41.9 Å². The van der Waals surface area contributed by atoms with Crippen molar-refractivity contribution < 1.29 is 31.1 Å². The summed E-state index contributed by atoms with van der Waals surface area (Å²) in [5.41, 5.74) is -2.10. The van der Waals surface area contributed by atoms with E-state index >= 15 is 0 Å². The number of amides is 1. The number of aromatic nitrogens is 3. The molecule has 0 aliphatic rings. The summed E-state index contributed by atoms with van der Waals surface area (Å²) in [7, 11) is 0.850. The number of carbonyl (C=O) groups is 1. The topological polar surface area (TPSA) is 68.9 Å². The van der Waals surface area contributed by atoms with Crippen LogP contribution in [0.15, 0.2) is 29.1 Å². The van der Waals surface area contributed by atoms with Crippen molar-refractivity contribution in [3.63, 3.8) is 0 Å². The molecule has 0 spiro atoms. The number of nitrogens with one attached hydrogen (secondary N) is 1. The average molecular weight is 368 g/mol. The number of hydrogen-bond acceptors (Lipinski definition) is 3. The van der Waals surface area contributed by atoms with Gasteiger partial charge in [-0.15, -0.1) is 5.10 Å². The Morgan fingerprint density at radius 3 is 2.08 bits per heavy atom. The molecule has 0 unspecified atom stereocenters. The lowest BCUT2D eigenvalue weighted by Gasteiger charge is -2.08. The summed E-state index contributed by atoms with van der Waals surface area (Å²) in [4.78, 5) is 23.4. The summed E-state index contributed by atoms with van der Waals surface area (Å²) in [6, 6.07) is 3.40. The Kier molecular flexibility index (Phi) is 4.64. The third-order valence-corrected chi connectivity index (χ3v) is 3.08. The minimum Gasteiger partial charge on any atom is -0.324 e. The zero-order valence-electron chi connectivity index (χ0n) is 12.4. The summed E-state index contributed by atoms with van der Waals surface area (Å²) in [5.74, 6) is -2.39. The summed E-state index contributed by atoms with van der Waals surface area (Å²) in [5, 5.41) is 5.21. The molecule has 1 heterocycles. The van der Waals surface area contributed by atoms with Crippen molar-refractivity contribution in [2.45, 2.75) is 18.9 Å². The molecule has 1 aromatic heterocycles. The average Bonchev–Trinajstić information content (AvgIpc) is 2.75. The molecule has 0 aliphatic heterocycles. The molecule has 2 rings (SSSR count). The van der Waals surface area contributed by atoms with Gasteiger partial charge in [-0.05, 0) is 24.3 Å². The number of carbonyl (C=O) groups excluding carboxylic acids is 1.